The third-order valence-corrected chi connectivity index (χ3v) is 6.24. The van der Waals surface area contributed by atoms with Crippen LogP contribution in [0, 0.1) is 6.92 Å². The maximum atomic E-state index is 12.4. The molecule has 0 aliphatic heterocycles. The lowest BCUT2D eigenvalue weighted by molar-refractivity contribution is -0.113. The molecule has 32 heavy (non-hydrogen) atoms. The highest BCUT2D eigenvalue weighted by Gasteiger charge is 2.16. The zero-order valence-electron chi connectivity index (χ0n) is 16.9. The van der Waals surface area contributed by atoms with Crippen molar-refractivity contribution < 1.29 is 4.79 Å². The Morgan fingerprint density at radius 2 is 1.56 bits per heavy atom. The first-order valence-corrected chi connectivity index (χ1v) is 11.4. The third kappa shape index (κ3) is 5.07. The van der Waals surface area contributed by atoms with Crippen molar-refractivity contribution in [3.05, 3.63) is 82.5 Å². The molecule has 0 aliphatic carbocycles. The summed E-state index contributed by atoms with van der Waals surface area (Å²) in [7, 11) is 0. The lowest BCUT2D eigenvalue weighted by Crippen LogP contribution is -2.16. The Hall–Kier alpha value is -3.00. The Morgan fingerprint density at radius 1 is 0.938 bits per heavy atom. The molecule has 2 aromatic carbocycles. The molecule has 0 saturated heterocycles. The second-order valence-electron chi connectivity index (χ2n) is 6.75. The molecule has 2 heterocycles. The summed E-state index contributed by atoms with van der Waals surface area (Å²) < 4.78 is 0. The van der Waals surface area contributed by atoms with Crippen LogP contribution in [-0.2, 0) is 4.79 Å². The van der Waals surface area contributed by atoms with Crippen molar-refractivity contribution in [2.75, 3.05) is 11.1 Å². The number of halogens is 2. The molecule has 9 heteroatoms. The molecular formula is C23H17Cl2N5OS. The van der Waals surface area contributed by atoms with Crippen LogP contribution in [0.25, 0.3) is 22.5 Å². The summed E-state index contributed by atoms with van der Waals surface area (Å²) >= 11 is 13.4. The van der Waals surface area contributed by atoms with Crippen LogP contribution in [0.4, 0.5) is 5.82 Å². The fraction of sp³-hybridized carbons (Fsp3) is 0.0870. The molecule has 160 valence electrons. The first kappa shape index (κ1) is 22.2. The number of hydrogen-bond acceptors (Lipinski definition) is 6. The van der Waals surface area contributed by atoms with E-state index in [1.165, 1.54) is 18.0 Å². The SMILES string of the molecule is Cc1c(Cl)cnc(NC(=O)CSc2nnc(-c3ccccc3)c(-c3ccccc3)n2)c1Cl. The first-order valence-electron chi connectivity index (χ1n) is 9.61. The molecule has 4 aromatic rings. The van der Waals surface area contributed by atoms with Crippen LogP contribution in [0.15, 0.2) is 72.0 Å². The van der Waals surface area contributed by atoms with Gasteiger partial charge in [0.15, 0.2) is 5.82 Å². The first-order chi connectivity index (χ1) is 15.5. The van der Waals surface area contributed by atoms with E-state index in [-0.39, 0.29) is 17.5 Å². The molecule has 0 atom stereocenters. The molecule has 0 bridgehead atoms. The maximum absolute atomic E-state index is 12.4. The monoisotopic (exact) mass is 481 g/mol. The number of rotatable bonds is 6. The second kappa shape index (κ2) is 10.1. The van der Waals surface area contributed by atoms with Gasteiger partial charge in [0.05, 0.1) is 15.8 Å². The molecule has 0 aliphatic rings. The van der Waals surface area contributed by atoms with Crippen LogP contribution in [0.2, 0.25) is 10.0 Å². The molecule has 0 fully saturated rings. The Morgan fingerprint density at radius 3 is 2.22 bits per heavy atom. The average molecular weight is 482 g/mol. The van der Waals surface area contributed by atoms with Crippen LogP contribution in [-0.4, -0.2) is 31.8 Å². The molecule has 0 unspecified atom stereocenters. The fourth-order valence-electron chi connectivity index (χ4n) is 2.90. The number of anilines is 1. The average Bonchev–Trinajstić information content (AvgIpc) is 2.84. The van der Waals surface area contributed by atoms with E-state index in [4.69, 9.17) is 28.2 Å². The van der Waals surface area contributed by atoms with Crippen molar-refractivity contribution in [1.82, 2.24) is 20.2 Å². The summed E-state index contributed by atoms with van der Waals surface area (Å²) in [4.78, 5) is 21.2. The summed E-state index contributed by atoms with van der Waals surface area (Å²) in [6.07, 6.45) is 1.45. The van der Waals surface area contributed by atoms with Crippen LogP contribution in [0.1, 0.15) is 5.56 Å². The Bertz CT molecular complexity index is 1260. The van der Waals surface area contributed by atoms with Crippen molar-refractivity contribution in [1.29, 1.82) is 0 Å². The zero-order chi connectivity index (χ0) is 22.5. The van der Waals surface area contributed by atoms with Gasteiger partial charge in [0.1, 0.15) is 11.4 Å². The van der Waals surface area contributed by atoms with E-state index >= 15 is 0 Å². The van der Waals surface area contributed by atoms with Crippen molar-refractivity contribution in [2.24, 2.45) is 0 Å². The van der Waals surface area contributed by atoms with Gasteiger partial charge in [-0.05, 0) is 12.5 Å². The summed E-state index contributed by atoms with van der Waals surface area (Å²) in [5.41, 5.74) is 3.87. The Labute approximate surface area is 199 Å². The zero-order valence-corrected chi connectivity index (χ0v) is 19.2. The van der Waals surface area contributed by atoms with Crippen LogP contribution >= 0.6 is 35.0 Å². The number of pyridine rings is 1. The quantitative estimate of drug-likeness (QED) is 0.342. The van der Waals surface area contributed by atoms with Gasteiger partial charge in [-0.15, -0.1) is 10.2 Å². The minimum absolute atomic E-state index is 0.0697. The van der Waals surface area contributed by atoms with E-state index < -0.39 is 0 Å². The van der Waals surface area contributed by atoms with Crippen LogP contribution < -0.4 is 5.32 Å². The Balaban J connectivity index is 1.54. The summed E-state index contributed by atoms with van der Waals surface area (Å²) in [5, 5.41) is 12.5. The number of nitrogens with zero attached hydrogens (tertiary/aromatic N) is 4. The van der Waals surface area contributed by atoms with E-state index in [9.17, 15) is 4.79 Å². The summed E-state index contributed by atoms with van der Waals surface area (Å²) in [6.45, 7) is 1.76. The van der Waals surface area contributed by atoms with E-state index in [2.05, 4.69) is 20.5 Å². The van der Waals surface area contributed by atoms with Gasteiger partial charge in [-0.1, -0.05) is 95.6 Å². The lowest BCUT2D eigenvalue weighted by atomic mass is 10.0. The predicted octanol–water partition coefficient (Wildman–Crippen LogP) is 5.95. The van der Waals surface area contributed by atoms with E-state index in [0.29, 0.717) is 32.2 Å². The molecule has 6 nitrogen and oxygen atoms in total. The number of hydrogen-bond donors (Lipinski definition) is 1. The molecule has 0 spiro atoms. The van der Waals surface area contributed by atoms with Gasteiger partial charge in [-0.25, -0.2) is 9.97 Å². The molecule has 4 rings (SSSR count). The number of thioether (sulfide) groups is 1. The molecule has 2 aromatic heterocycles. The minimum Gasteiger partial charge on any atom is -0.309 e. The molecule has 1 amide bonds. The fourth-order valence-corrected chi connectivity index (χ4v) is 3.88. The molecule has 0 radical (unpaired) electrons. The van der Waals surface area contributed by atoms with Crippen molar-refractivity contribution >= 4 is 46.7 Å². The number of benzene rings is 2. The minimum atomic E-state index is -0.289. The Kier molecular flexibility index (Phi) is 6.99. The molecule has 0 saturated carbocycles. The van der Waals surface area contributed by atoms with Crippen molar-refractivity contribution in [3.63, 3.8) is 0 Å². The number of aromatic nitrogens is 4. The summed E-state index contributed by atoms with van der Waals surface area (Å²) in [6, 6.07) is 19.5. The number of carbonyl (C=O) groups excluding carboxylic acids is 1. The van der Waals surface area contributed by atoms with E-state index in [1.807, 2.05) is 60.7 Å². The largest absolute Gasteiger partial charge is 0.309 e. The number of amides is 1. The third-order valence-electron chi connectivity index (χ3n) is 4.55. The van der Waals surface area contributed by atoms with Crippen molar-refractivity contribution in [3.8, 4) is 22.5 Å². The standard InChI is InChI=1S/C23H17Cl2N5OS/c1-14-17(24)12-26-22(19(14)25)27-18(31)13-32-23-28-20(15-8-4-2-5-9-15)21(29-30-23)16-10-6-3-7-11-16/h2-12H,13H2,1H3,(H,26,27,31). The van der Waals surface area contributed by atoms with Gasteiger partial charge in [0.25, 0.3) is 0 Å². The maximum Gasteiger partial charge on any atom is 0.236 e. The van der Waals surface area contributed by atoms with Crippen molar-refractivity contribution in [2.45, 2.75) is 12.1 Å². The highest BCUT2D eigenvalue weighted by atomic mass is 35.5. The van der Waals surface area contributed by atoms with Gasteiger partial charge < -0.3 is 5.32 Å². The molecular weight excluding hydrogens is 465 g/mol. The van der Waals surface area contributed by atoms with E-state index in [0.717, 1.165) is 11.1 Å². The number of nitrogens with one attached hydrogen (secondary N) is 1. The van der Waals surface area contributed by atoms with E-state index in [1.54, 1.807) is 6.92 Å². The van der Waals surface area contributed by atoms with Gasteiger partial charge in [0.2, 0.25) is 11.1 Å². The summed E-state index contributed by atoms with van der Waals surface area (Å²) in [5.74, 6) is 0.0472. The normalized spacial score (nSPS) is 10.7. The van der Waals surface area contributed by atoms with Gasteiger partial charge >= 0.3 is 0 Å². The highest BCUT2D eigenvalue weighted by molar-refractivity contribution is 7.99. The predicted molar refractivity (Wildman–Crippen MR) is 129 cm³/mol. The van der Waals surface area contributed by atoms with Gasteiger partial charge in [-0.2, -0.15) is 0 Å². The smallest absolute Gasteiger partial charge is 0.236 e. The number of carbonyl (C=O) groups is 1. The van der Waals surface area contributed by atoms with Crippen LogP contribution in [0.5, 0.6) is 0 Å². The molecule has 1 N–H and O–H groups in total. The highest BCUT2D eigenvalue weighted by Crippen LogP contribution is 2.30. The topological polar surface area (TPSA) is 80.7 Å². The second-order valence-corrected chi connectivity index (χ2v) is 8.48. The van der Waals surface area contributed by atoms with Gasteiger partial charge in [-0.3, -0.25) is 4.79 Å². The lowest BCUT2D eigenvalue weighted by Gasteiger charge is -2.10. The van der Waals surface area contributed by atoms with Gasteiger partial charge in [0, 0.05) is 17.3 Å². The van der Waals surface area contributed by atoms with Crippen LogP contribution in [0.3, 0.4) is 0 Å².